The molecule has 1 saturated heterocycles. The van der Waals surface area contributed by atoms with Crippen molar-refractivity contribution in [1.29, 1.82) is 0 Å². The van der Waals surface area contributed by atoms with Crippen LogP contribution >= 0.6 is 24.0 Å². The molecule has 0 saturated carbocycles. The number of hydrogen-bond acceptors (Lipinski definition) is 4. The van der Waals surface area contributed by atoms with Gasteiger partial charge >= 0.3 is 0 Å². The molecule has 1 heterocycles. The second kappa shape index (κ2) is 7.92. The Morgan fingerprint density at radius 1 is 1.47 bits per heavy atom. The van der Waals surface area contributed by atoms with Crippen LogP contribution in [0, 0.1) is 0 Å². The molecule has 1 unspecified atom stereocenters. The van der Waals surface area contributed by atoms with Crippen LogP contribution in [0.3, 0.4) is 0 Å². The van der Waals surface area contributed by atoms with Crippen molar-refractivity contribution in [3.63, 3.8) is 0 Å². The molecule has 6 heteroatoms. The normalized spacial score (nSPS) is 17.4. The molecule has 1 atom stereocenters. The summed E-state index contributed by atoms with van der Waals surface area (Å²) in [6.45, 7) is 2.78. The molecule has 108 valence electrons. The summed E-state index contributed by atoms with van der Waals surface area (Å²) in [5.41, 5.74) is 5.65. The second-order valence-electron chi connectivity index (χ2n) is 4.69. The summed E-state index contributed by atoms with van der Waals surface area (Å²) >= 11 is 5.89. The van der Waals surface area contributed by atoms with E-state index in [-0.39, 0.29) is 31.2 Å². The zero-order valence-corrected chi connectivity index (χ0v) is 12.2. The Morgan fingerprint density at radius 3 is 2.84 bits per heavy atom. The monoisotopic (exact) mass is 306 g/mol. The van der Waals surface area contributed by atoms with Gasteiger partial charge in [0.1, 0.15) is 11.9 Å². The molecule has 1 fully saturated rings. The molecule has 1 aliphatic heterocycles. The van der Waals surface area contributed by atoms with E-state index in [1.165, 1.54) is 0 Å². The molecule has 1 aromatic carbocycles. The summed E-state index contributed by atoms with van der Waals surface area (Å²) in [5, 5.41) is 9.52. The van der Waals surface area contributed by atoms with E-state index in [0.29, 0.717) is 5.02 Å². The molecule has 19 heavy (non-hydrogen) atoms. The summed E-state index contributed by atoms with van der Waals surface area (Å²) in [6.07, 6.45) is 1.05. The maximum Gasteiger partial charge on any atom is 0.124 e. The van der Waals surface area contributed by atoms with Crippen LogP contribution in [0.1, 0.15) is 6.42 Å². The van der Waals surface area contributed by atoms with Gasteiger partial charge in [-0.1, -0.05) is 17.7 Å². The maximum absolute atomic E-state index is 8.83. The highest BCUT2D eigenvalue weighted by Crippen LogP contribution is 2.21. The number of likely N-dealkylation sites (tertiary alicyclic amines) is 1. The van der Waals surface area contributed by atoms with Gasteiger partial charge in [-0.25, -0.2) is 0 Å². The molecular weight excluding hydrogens is 287 g/mol. The minimum Gasteiger partial charge on any atom is -0.488 e. The number of rotatable bonds is 6. The predicted octanol–water partition coefficient (Wildman–Crippen LogP) is 1.53. The molecule has 2 rings (SSSR count). The smallest absolute Gasteiger partial charge is 0.124 e. The van der Waals surface area contributed by atoms with Crippen molar-refractivity contribution in [2.24, 2.45) is 5.73 Å². The third-order valence-electron chi connectivity index (χ3n) is 3.07. The van der Waals surface area contributed by atoms with Crippen molar-refractivity contribution < 1.29 is 9.84 Å². The predicted molar refractivity (Wildman–Crippen MR) is 79.2 cm³/mol. The average Bonchev–Trinajstić information content (AvgIpc) is 2.31. The molecule has 1 aromatic rings. The van der Waals surface area contributed by atoms with Crippen LogP contribution < -0.4 is 10.5 Å². The maximum atomic E-state index is 8.83. The molecular formula is C13H20Cl2N2O2. The molecule has 0 bridgehead atoms. The van der Waals surface area contributed by atoms with Gasteiger partial charge in [0.05, 0.1) is 6.61 Å². The minimum absolute atomic E-state index is 0. The van der Waals surface area contributed by atoms with E-state index in [1.807, 2.05) is 24.3 Å². The number of nitrogens with two attached hydrogens (primary N) is 1. The summed E-state index contributed by atoms with van der Waals surface area (Å²) in [6, 6.07) is 7.34. The topological polar surface area (TPSA) is 58.7 Å². The number of hydrogen-bond donors (Lipinski definition) is 2. The number of nitrogens with zero attached hydrogens (tertiary/aromatic N) is 1. The largest absolute Gasteiger partial charge is 0.488 e. The molecule has 0 aromatic heterocycles. The SMILES string of the molecule is Cl.NC(CO)CCN1CC(Oc2cccc(Cl)c2)C1. The van der Waals surface area contributed by atoms with Gasteiger partial charge in [-0.15, -0.1) is 12.4 Å². The second-order valence-corrected chi connectivity index (χ2v) is 5.12. The van der Waals surface area contributed by atoms with Gasteiger partial charge in [-0.3, -0.25) is 4.90 Å². The molecule has 0 spiro atoms. The summed E-state index contributed by atoms with van der Waals surface area (Å²) in [5.74, 6) is 0.819. The van der Waals surface area contributed by atoms with Crippen molar-refractivity contribution in [1.82, 2.24) is 4.90 Å². The molecule has 0 radical (unpaired) electrons. The number of benzene rings is 1. The lowest BCUT2D eigenvalue weighted by molar-refractivity contribution is 0.0174. The van der Waals surface area contributed by atoms with Crippen LogP contribution in [0.25, 0.3) is 0 Å². The standard InChI is InChI=1S/C13H19ClN2O2.ClH/c14-10-2-1-3-12(6-10)18-13-7-16(8-13)5-4-11(15)9-17;/h1-3,6,11,13,17H,4-5,7-9,15H2;1H. The quantitative estimate of drug-likeness (QED) is 0.837. The van der Waals surface area contributed by atoms with Gasteiger partial charge in [0.15, 0.2) is 0 Å². The van der Waals surface area contributed by atoms with Gasteiger partial charge in [-0.05, 0) is 24.6 Å². The van der Waals surface area contributed by atoms with Crippen molar-refractivity contribution in [3.8, 4) is 5.75 Å². The lowest BCUT2D eigenvalue weighted by Gasteiger charge is -2.39. The van der Waals surface area contributed by atoms with E-state index in [9.17, 15) is 0 Å². The van der Waals surface area contributed by atoms with E-state index in [2.05, 4.69) is 4.90 Å². The van der Waals surface area contributed by atoms with Crippen LogP contribution in [-0.4, -0.2) is 48.4 Å². The molecule has 0 amide bonds. The number of aliphatic hydroxyl groups excluding tert-OH is 1. The zero-order valence-electron chi connectivity index (χ0n) is 10.7. The number of ether oxygens (including phenoxy) is 1. The van der Waals surface area contributed by atoms with Crippen LogP contribution in [-0.2, 0) is 0 Å². The van der Waals surface area contributed by atoms with Crippen molar-refractivity contribution in [2.75, 3.05) is 26.2 Å². The first-order valence-corrected chi connectivity index (χ1v) is 6.56. The zero-order chi connectivity index (χ0) is 13.0. The third-order valence-corrected chi connectivity index (χ3v) is 3.31. The van der Waals surface area contributed by atoms with E-state index < -0.39 is 0 Å². The summed E-state index contributed by atoms with van der Waals surface area (Å²) in [7, 11) is 0. The first-order valence-electron chi connectivity index (χ1n) is 6.18. The third kappa shape index (κ3) is 5.16. The van der Waals surface area contributed by atoms with Crippen molar-refractivity contribution in [2.45, 2.75) is 18.6 Å². The van der Waals surface area contributed by atoms with Gasteiger partial charge in [-0.2, -0.15) is 0 Å². The van der Waals surface area contributed by atoms with Gasteiger partial charge < -0.3 is 15.6 Å². The van der Waals surface area contributed by atoms with E-state index >= 15 is 0 Å². The Balaban J connectivity index is 0.00000180. The summed E-state index contributed by atoms with van der Waals surface area (Å²) in [4.78, 5) is 2.27. The molecule has 0 aliphatic carbocycles. The number of halogens is 2. The fourth-order valence-electron chi connectivity index (χ4n) is 1.95. The van der Waals surface area contributed by atoms with Crippen LogP contribution in [0.4, 0.5) is 0 Å². The van der Waals surface area contributed by atoms with E-state index in [1.54, 1.807) is 0 Å². The minimum atomic E-state index is -0.113. The van der Waals surface area contributed by atoms with E-state index in [0.717, 1.165) is 31.8 Å². The first kappa shape index (κ1) is 16.5. The van der Waals surface area contributed by atoms with Gasteiger partial charge in [0.2, 0.25) is 0 Å². The van der Waals surface area contributed by atoms with Crippen LogP contribution in [0.5, 0.6) is 5.75 Å². The van der Waals surface area contributed by atoms with Gasteiger partial charge in [0, 0.05) is 30.7 Å². The Hall–Kier alpha value is -0.520. The molecule has 4 nitrogen and oxygen atoms in total. The Bertz CT molecular complexity index is 387. The Kier molecular flexibility index (Phi) is 6.89. The summed E-state index contributed by atoms with van der Waals surface area (Å²) < 4.78 is 5.79. The van der Waals surface area contributed by atoms with Crippen molar-refractivity contribution in [3.05, 3.63) is 29.3 Å². The van der Waals surface area contributed by atoms with Crippen LogP contribution in [0.15, 0.2) is 24.3 Å². The molecule has 3 N–H and O–H groups in total. The fourth-order valence-corrected chi connectivity index (χ4v) is 2.13. The first-order chi connectivity index (χ1) is 8.67. The highest BCUT2D eigenvalue weighted by atomic mass is 35.5. The average molecular weight is 307 g/mol. The highest BCUT2D eigenvalue weighted by molar-refractivity contribution is 6.30. The van der Waals surface area contributed by atoms with Crippen molar-refractivity contribution >= 4 is 24.0 Å². The Morgan fingerprint density at radius 2 is 2.21 bits per heavy atom. The lowest BCUT2D eigenvalue weighted by Crippen LogP contribution is -2.54. The molecule has 1 aliphatic rings. The van der Waals surface area contributed by atoms with E-state index in [4.69, 9.17) is 27.2 Å². The number of aliphatic hydroxyl groups is 1. The Labute approximate surface area is 124 Å². The highest BCUT2D eigenvalue weighted by Gasteiger charge is 2.28. The lowest BCUT2D eigenvalue weighted by atomic mass is 10.1. The fraction of sp³-hybridized carbons (Fsp3) is 0.538. The van der Waals surface area contributed by atoms with Crippen LogP contribution in [0.2, 0.25) is 5.02 Å². The van der Waals surface area contributed by atoms with Gasteiger partial charge in [0.25, 0.3) is 0 Å².